The lowest BCUT2D eigenvalue weighted by Crippen LogP contribution is -2.37. The van der Waals surface area contributed by atoms with Gasteiger partial charge >= 0.3 is 0 Å². The summed E-state index contributed by atoms with van der Waals surface area (Å²) in [5.41, 5.74) is 0. The smallest absolute Gasteiger partial charge is 0.269 e. The Hall–Kier alpha value is -2.04. The van der Waals surface area contributed by atoms with Crippen LogP contribution in [0.2, 0.25) is 0 Å². The minimum atomic E-state index is -0.744. The zero-order valence-corrected chi connectivity index (χ0v) is 11.6. The number of carbonyl (C=O) groups excluding carboxylic acids is 1. The maximum atomic E-state index is 11.9. The molecular formula is C11H12N6O3S. The van der Waals surface area contributed by atoms with Crippen molar-refractivity contribution in [3.63, 3.8) is 0 Å². The van der Waals surface area contributed by atoms with Crippen molar-refractivity contribution in [3.05, 3.63) is 23.2 Å². The predicted octanol–water partition coefficient (Wildman–Crippen LogP) is -0.431. The first kappa shape index (κ1) is 12.7. The van der Waals surface area contributed by atoms with Crippen LogP contribution in [-0.2, 0) is 14.3 Å². The van der Waals surface area contributed by atoms with Crippen molar-refractivity contribution < 1.29 is 14.3 Å². The summed E-state index contributed by atoms with van der Waals surface area (Å²) in [5, 5.41) is 8.47. The van der Waals surface area contributed by atoms with Gasteiger partial charge in [0.2, 0.25) is 11.1 Å². The molecule has 2 aromatic rings. The molecule has 2 aromatic heterocycles. The van der Waals surface area contributed by atoms with Crippen molar-refractivity contribution in [1.82, 2.24) is 24.2 Å². The van der Waals surface area contributed by atoms with Crippen LogP contribution in [0.25, 0.3) is 5.95 Å². The van der Waals surface area contributed by atoms with Crippen molar-refractivity contribution in [1.29, 1.82) is 0 Å². The third-order valence-corrected chi connectivity index (χ3v) is 4.03. The molecule has 2 aliphatic rings. The number of carbonyl (C=O) groups is 1. The molecule has 0 radical (unpaired) electrons. The second kappa shape index (κ2) is 4.48. The van der Waals surface area contributed by atoms with E-state index in [0.717, 1.165) is 0 Å². The summed E-state index contributed by atoms with van der Waals surface area (Å²) in [7, 11) is 0. The van der Waals surface area contributed by atoms with Gasteiger partial charge in [0.15, 0.2) is 5.78 Å². The highest BCUT2D eigenvalue weighted by atomic mass is 32.1. The largest absolute Gasteiger partial charge is 0.343 e. The number of nitrogens with two attached hydrogens (primary N) is 1. The highest BCUT2D eigenvalue weighted by Gasteiger charge is 2.45. The molecule has 0 saturated carbocycles. The first-order valence-electron chi connectivity index (χ1n) is 6.41. The van der Waals surface area contributed by atoms with E-state index < -0.39 is 6.29 Å². The van der Waals surface area contributed by atoms with Crippen molar-refractivity contribution in [2.45, 2.75) is 24.9 Å². The van der Waals surface area contributed by atoms with E-state index in [1.165, 1.54) is 9.36 Å². The summed E-state index contributed by atoms with van der Waals surface area (Å²) in [5.74, 6) is 6.21. The molecule has 0 aromatic carbocycles. The third-order valence-electron chi connectivity index (χ3n) is 3.65. The maximum absolute atomic E-state index is 11.9. The van der Waals surface area contributed by atoms with Gasteiger partial charge in [-0.2, -0.15) is 9.77 Å². The lowest BCUT2D eigenvalue weighted by molar-refractivity contribution is -0.156. The molecule has 0 amide bonds. The molecule has 21 heavy (non-hydrogen) atoms. The van der Waals surface area contributed by atoms with Crippen LogP contribution >= 0.6 is 12.2 Å². The van der Waals surface area contributed by atoms with Gasteiger partial charge in [-0.3, -0.25) is 4.79 Å². The molecule has 2 fully saturated rings. The van der Waals surface area contributed by atoms with E-state index in [9.17, 15) is 4.79 Å². The zero-order chi connectivity index (χ0) is 14.6. The Labute approximate surface area is 123 Å². The van der Waals surface area contributed by atoms with Gasteiger partial charge < -0.3 is 15.3 Å². The highest BCUT2D eigenvalue weighted by molar-refractivity contribution is 7.71. The Kier molecular flexibility index (Phi) is 2.71. The van der Waals surface area contributed by atoms with E-state index in [4.69, 9.17) is 27.5 Å². The molecule has 10 heteroatoms. The summed E-state index contributed by atoms with van der Waals surface area (Å²) < 4.78 is 15.4. The Morgan fingerprint density at radius 2 is 2.33 bits per heavy atom. The van der Waals surface area contributed by atoms with E-state index in [1.807, 2.05) is 0 Å². The standard InChI is InChI=1S/C11H12N6O3S/c12-16-10(15-3-1-2-13-15)14-17(11(16)21)6-4-7(18)9-19-5-8(6)20-9/h1-3,6,8-9H,4-5,12H2. The lowest BCUT2D eigenvalue weighted by atomic mass is 10.0. The Morgan fingerprint density at radius 3 is 3.10 bits per heavy atom. The SMILES string of the molecule is Nn1c(-n2cccn2)nn(C2CC(=O)C3OCC2O3)c1=S. The van der Waals surface area contributed by atoms with Gasteiger partial charge in [0.05, 0.1) is 12.6 Å². The van der Waals surface area contributed by atoms with E-state index in [2.05, 4.69) is 10.2 Å². The third kappa shape index (κ3) is 1.83. The molecule has 9 nitrogen and oxygen atoms in total. The molecule has 4 heterocycles. The normalized spacial score (nSPS) is 28.2. The summed E-state index contributed by atoms with van der Waals surface area (Å²) in [6.45, 7) is 0.345. The molecule has 0 spiro atoms. The van der Waals surface area contributed by atoms with Crippen molar-refractivity contribution in [3.8, 4) is 5.95 Å². The summed E-state index contributed by atoms with van der Waals surface area (Å²) in [6, 6.07) is 1.44. The van der Waals surface area contributed by atoms with E-state index in [-0.39, 0.29) is 24.3 Å². The number of aromatic nitrogens is 5. The molecule has 0 aliphatic carbocycles. The van der Waals surface area contributed by atoms with Crippen LogP contribution in [0.5, 0.6) is 0 Å². The zero-order valence-electron chi connectivity index (χ0n) is 10.8. The van der Waals surface area contributed by atoms with Crippen LogP contribution in [0, 0.1) is 4.77 Å². The molecule has 3 unspecified atom stereocenters. The number of fused-ring (bicyclic) bond motifs is 2. The number of nitrogen functional groups attached to an aromatic ring is 1. The fraction of sp³-hybridized carbons (Fsp3) is 0.455. The molecule has 3 atom stereocenters. The molecular weight excluding hydrogens is 296 g/mol. The number of ketones is 1. The van der Waals surface area contributed by atoms with Gasteiger partial charge in [-0.1, -0.05) is 0 Å². The number of hydrogen-bond acceptors (Lipinski definition) is 7. The Morgan fingerprint density at radius 1 is 1.48 bits per heavy atom. The monoisotopic (exact) mass is 308 g/mol. The van der Waals surface area contributed by atoms with Crippen LogP contribution in [0.15, 0.2) is 18.5 Å². The maximum Gasteiger partial charge on any atom is 0.269 e. The van der Waals surface area contributed by atoms with Gasteiger partial charge in [0, 0.05) is 18.8 Å². The number of ether oxygens (including phenoxy) is 2. The van der Waals surface area contributed by atoms with Crippen molar-refractivity contribution in [2.75, 3.05) is 12.4 Å². The van der Waals surface area contributed by atoms with Crippen molar-refractivity contribution >= 4 is 18.0 Å². The van der Waals surface area contributed by atoms with Crippen LogP contribution in [0.1, 0.15) is 12.5 Å². The second-order valence-corrected chi connectivity index (χ2v) is 5.29. The quantitative estimate of drug-likeness (QED) is 0.593. The van der Waals surface area contributed by atoms with Gasteiger partial charge in [0.25, 0.3) is 5.95 Å². The molecule has 2 N–H and O–H groups in total. The number of Topliss-reactive ketones (excluding diaryl/α,β-unsaturated/α-hetero) is 1. The Balaban J connectivity index is 1.77. The predicted molar refractivity (Wildman–Crippen MR) is 71.6 cm³/mol. The van der Waals surface area contributed by atoms with Crippen LogP contribution in [0.4, 0.5) is 0 Å². The van der Waals surface area contributed by atoms with Gasteiger partial charge in [-0.25, -0.2) is 9.36 Å². The average Bonchev–Trinajstić information content (AvgIpc) is 3.18. The van der Waals surface area contributed by atoms with Crippen LogP contribution < -0.4 is 5.84 Å². The summed E-state index contributed by atoms with van der Waals surface area (Å²) in [6.07, 6.45) is 2.59. The lowest BCUT2D eigenvalue weighted by Gasteiger charge is -2.25. The molecule has 4 rings (SSSR count). The first-order chi connectivity index (χ1) is 10.1. The minimum Gasteiger partial charge on any atom is -0.343 e. The Bertz CT molecular complexity index is 751. The fourth-order valence-electron chi connectivity index (χ4n) is 2.61. The minimum absolute atomic E-state index is 0.108. The van der Waals surface area contributed by atoms with Gasteiger partial charge in [-0.15, -0.1) is 5.10 Å². The van der Waals surface area contributed by atoms with Crippen molar-refractivity contribution in [2.24, 2.45) is 0 Å². The van der Waals surface area contributed by atoms with E-state index in [1.54, 1.807) is 23.1 Å². The van der Waals surface area contributed by atoms with E-state index in [0.29, 0.717) is 17.3 Å². The van der Waals surface area contributed by atoms with Crippen LogP contribution in [-0.4, -0.2) is 49.0 Å². The fourth-order valence-corrected chi connectivity index (χ4v) is 2.87. The number of nitrogens with zero attached hydrogens (tertiary/aromatic N) is 5. The average molecular weight is 308 g/mol. The molecule has 110 valence electrons. The van der Waals surface area contributed by atoms with Gasteiger partial charge in [0.1, 0.15) is 6.10 Å². The molecule has 2 bridgehead atoms. The topological polar surface area (TPSA) is 102 Å². The molecule has 2 saturated heterocycles. The van der Waals surface area contributed by atoms with Gasteiger partial charge in [-0.05, 0) is 18.3 Å². The highest BCUT2D eigenvalue weighted by Crippen LogP contribution is 2.32. The number of rotatable bonds is 2. The summed E-state index contributed by atoms with van der Waals surface area (Å²) >= 11 is 5.31. The molecule has 2 aliphatic heterocycles. The van der Waals surface area contributed by atoms with E-state index >= 15 is 0 Å². The summed E-state index contributed by atoms with van der Waals surface area (Å²) in [4.78, 5) is 11.9. The first-order valence-corrected chi connectivity index (χ1v) is 6.82. The second-order valence-electron chi connectivity index (χ2n) is 4.93. The van der Waals surface area contributed by atoms with Crippen LogP contribution in [0.3, 0.4) is 0 Å². The number of hydrogen-bond donors (Lipinski definition) is 1.